The number of rotatable bonds is 3. The number of hydrogen-bond donors (Lipinski definition) is 1. The molecule has 3 aliphatic rings. The summed E-state index contributed by atoms with van der Waals surface area (Å²) in [6.07, 6.45) is 6.68. The first-order chi connectivity index (χ1) is 14.7. The second-order valence-corrected chi connectivity index (χ2v) is 12.8. The zero-order chi connectivity index (χ0) is 22.2. The van der Waals surface area contributed by atoms with Gasteiger partial charge in [-0.3, -0.25) is 4.79 Å². The molecule has 1 N–H and O–H groups in total. The molecule has 31 heavy (non-hydrogen) atoms. The smallest absolute Gasteiger partial charge is 0.309 e. The number of ether oxygens (including phenoxy) is 1. The van der Waals surface area contributed by atoms with Crippen molar-refractivity contribution < 1.29 is 19.0 Å². The van der Waals surface area contributed by atoms with Crippen molar-refractivity contribution in [1.29, 1.82) is 0 Å². The van der Waals surface area contributed by atoms with Gasteiger partial charge in [0.05, 0.1) is 16.6 Å². The summed E-state index contributed by atoms with van der Waals surface area (Å²) in [5.74, 6) is 1.82. The quantitative estimate of drug-likeness (QED) is 0.567. The second kappa shape index (κ2) is 8.95. The van der Waals surface area contributed by atoms with Crippen molar-refractivity contribution in [3.05, 3.63) is 52.9 Å². The van der Waals surface area contributed by atoms with Crippen LogP contribution in [-0.2, 0) is 9.53 Å². The van der Waals surface area contributed by atoms with Crippen LogP contribution in [0.2, 0.25) is 0 Å². The molecule has 2 atom stereocenters. The Labute approximate surface area is 192 Å². The predicted molar refractivity (Wildman–Crippen MR) is 128 cm³/mol. The molecule has 6 heteroatoms. The second-order valence-electron chi connectivity index (χ2n) is 9.54. The number of cyclic esters (lactones) is 1. The Kier molecular flexibility index (Phi) is 6.62. The van der Waals surface area contributed by atoms with Crippen LogP contribution in [0, 0.1) is 18.2 Å². The fraction of sp³-hybridized carbons (Fsp3) is 0.560. The molecule has 2 saturated heterocycles. The highest BCUT2D eigenvalue weighted by Crippen LogP contribution is 2.59. The number of halogens is 1. The van der Waals surface area contributed by atoms with E-state index in [-0.39, 0.29) is 27.7 Å². The normalized spacial score (nSPS) is 28.2. The molecule has 1 aliphatic carbocycles. The van der Waals surface area contributed by atoms with E-state index in [2.05, 4.69) is 43.4 Å². The van der Waals surface area contributed by atoms with Crippen LogP contribution in [0.1, 0.15) is 57.1 Å². The monoisotopic (exact) mass is 462 g/mol. The number of carbonyl (C=O) groups excluding carboxylic acids is 1. The van der Waals surface area contributed by atoms with Gasteiger partial charge in [0.15, 0.2) is 0 Å². The Balaban J connectivity index is 1.76. The summed E-state index contributed by atoms with van der Waals surface area (Å²) in [4.78, 5) is 11.8. The van der Waals surface area contributed by atoms with Crippen LogP contribution in [0.25, 0.3) is 5.57 Å². The Morgan fingerprint density at radius 1 is 1.26 bits per heavy atom. The maximum absolute atomic E-state index is 14.0. The summed E-state index contributed by atoms with van der Waals surface area (Å²) in [6.45, 7) is 6.37. The predicted octanol–water partition coefficient (Wildman–Crippen LogP) is 5.90. The number of aliphatic hydroxyl groups is 1. The van der Waals surface area contributed by atoms with Crippen LogP contribution >= 0.6 is 23.5 Å². The van der Waals surface area contributed by atoms with Crippen molar-refractivity contribution in [3.63, 3.8) is 0 Å². The molecule has 1 aromatic carbocycles. The molecule has 2 heterocycles. The van der Waals surface area contributed by atoms with E-state index in [9.17, 15) is 14.3 Å². The minimum absolute atomic E-state index is 0.0651. The lowest BCUT2D eigenvalue weighted by Gasteiger charge is -2.48. The molecule has 0 amide bonds. The molecule has 1 spiro atoms. The summed E-state index contributed by atoms with van der Waals surface area (Å²) in [5.41, 5.74) is 4.10. The maximum Gasteiger partial charge on any atom is 0.309 e. The molecule has 0 radical (unpaired) electrons. The van der Waals surface area contributed by atoms with Gasteiger partial charge in [0.25, 0.3) is 0 Å². The van der Waals surface area contributed by atoms with Gasteiger partial charge in [-0.15, -0.1) is 23.5 Å². The van der Waals surface area contributed by atoms with Crippen LogP contribution in [0.4, 0.5) is 4.39 Å². The molecule has 2 aliphatic heterocycles. The van der Waals surface area contributed by atoms with Crippen LogP contribution in [0.3, 0.4) is 0 Å². The van der Waals surface area contributed by atoms with Crippen molar-refractivity contribution in [2.45, 2.75) is 69.2 Å². The van der Waals surface area contributed by atoms with Gasteiger partial charge in [0.1, 0.15) is 11.9 Å². The SMILES string of the molecule is Cc1cc(C2=C(/C=C/[C@H]3C[C@H](O)CC(=O)O3)C(C)(C)CC3(C2)SCCCS3)ccc1F. The summed E-state index contributed by atoms with van der Waals surface area (Å²) in [6, 6.07) is 5.41. The molecule has 1 aromatic rings. The van der Waals surface area contributed by atoms with Gasteiger partial charge >= 0.3 is 5.97 Å². The molecule has 0 aromatic heterocycles. The van der Waals surface area contributed by atoms with Crippen molar-refractivity contribution in [2.75, 3.05) is 11.5 Å². The number of thioether (sulfide) groups is 2. The fourth-order valence-electron chi connectivity index (χ4n) is 4.97. The maximum atomic E-state index is 14.0. The van der Waals surface area contributed by atoms with Gasteiger partial charge in [0, 0.05) is 6.42 Å². The number of benzene rings is 1. The van der Waals surface area contributed by atoms with Gasteiger partial charge in [-0.25, -0.2) is 4.39 Å². The summed E-state index contributed by atoms with van der Waals surface area (Å²) >= 11 is 4.14. The van der Waals surface area contributed by atoms with E-state index in [0.717, 1.165) is 18.4 Å². The molecule has 0 bridgehead atoms. The van der Waals surface area contributed by atoms with E-state index < -0.39 is 12.2 Å². The minimum atomic E-state index is -0.651. The Morgan fingerprint density at radius 3 is 2.68 bits per heavy atom. The lowest BCUT2D eigenvalue weighted by atomic mass is 9.70. The first kappa shape index (κ1) is 22.9. The number of esters is 1. The zero-order valence-corrected chi connectivity index (χ0v) is 20.1. The van der Waals surface area contributed by atoms with Gasteiger partial charge < -0.3 is 9.84 Å². The average Bonchev–Trinajstić information content (AvgIpc) is 2.68. The third-order valence-electron chi connectivity index (χ3n) is 6.40. The Bertz CT molecular complexity index is 915. The zero-order valence-electron chi connectivity index (χ0n) is 18.4. The van der Waals surface area contributed by atoms with E-state index in [0.29, 0.717) is 12.0 Å². The molecule has 0 saturated carbocycles. The topological polar surface area (TPSA) is 46.5 Å². The number of aliphatic hydroxyl groups excluding tert-OH is 1. The molecule has 168 valence electrons. The van der Waals surface area contributed by atoms with Crippen molar-refractivity contribution >= 4 is 35.1 Å². The number of allylic oxidation sites excluding steroid dienone is 3. The molecule has 0 unspecified atom stereocenters. The van der Waals surface area contributed by atoms with Gasteiger partial charge in [-0.2, -0.15) is 0 Å². The molecular weight excluding hydrogens is 431 g/mol. The highest BCUT2D eigenvalue weighted by Gasteiger charge is 2.45. The number of carbonyl (C=O) groups is 1. The fourth-order valence-corrected chi connectivity index (χ4v) is 8.73. The Morgan fingerprint density at radius 2 is 2.00 bits per heavy atom. The van der Waals surface area contributed by atoms with Gasteiger partial charge in [-0.05, 0) is 83.6 Å². The lowest BCUT2D eigenvalue weighted by Crippen LogP contribution is -2.37. The molecule has 2 fully saturated rings. The van der Waals surface area contributed by atoms with Crippen molar-refractivity contribution in [3.8, 4) is 0 Å². The van der Waals surface area contributed by atoms with Crippen molar-refractivity contribution in [1.82, 2.24) is 0 Å². The van der Waals surface area contributed by atoms with E-state index in [4.69, 9.17) is 4.74 Å². The molecule has 4 rings (SSSR count). The molecule has 3 nitrogen and oxygen atoms in total. The summed E-state index contributed by atoms with van der Waals surface area (Å²) < 4.78 is 19.6. The first-order valence-electron chi connectivity index (χ1n) is 11.0. The molecular formula is C25H31FO3S2. The number of hydrogen-bond acceptors (Lipinski definition) is 5. The highest BCUT2D eigenvalue weighted by molar-refractivity contribution is 8.18. The summed E-state index contributed by atoms with van der Waals surface area (Å²) in [7, 11) is 0. The van der Waals surface area contributed by atoms with E-state index in [1.807, 2.05) is 25.1 Å². The van der Waals surface area contributed by atoms with Crippen LogP contribution in [0.5, 0.6) is 0 Å². The van der Waals surface area contributed by atoms with Crippen molar-refractivity contribution in [2.24, 2.45) is 5.41 Å². The van der Waals surface area contributed by atoms with Crippen LogP contribution in [0.15, 0.2) is 35.9 Å². The van der Waals surface area contributed by atoms with Gasteiger partial charge in [0.2, 0.25) is 0 Å². The number of aryl methyl sites for hydroxylation is 1. The average molecular weight is 463 g/mol. The van der Waals surface area contributed by atoms with E-state index in [1.54, 1.807) is 6.07 Å². The van der Waals surface area contributed by atoms with Gasteiger partial charge in [-0.1, -0.05) is 26.0 Å². The van der Waals surface area contributed by atoms with Crippen LogP contribution in [-0.4, -0.2) is 38.9 Å². The Hall–Kier alpha value is -1.24. The third-order valence-corrected chi connectivity index (χ3v) is 9.73. The minimum Gasteiger partial charge on any atom is -0.458 e. The third kappa shape index (κ3) is 5.07. The summed E-state index contributed by atoms with van der Waals surface area (Å²) in [5, 5.41) is 9.95. The first-order valence-corrected chi connectivity index (χ1v) is 13.0. The highest BCUT2D eigenvalue weighted by atomic mass is 32.2. The van der Waals surface area contributed by atoms with E-state index in [1.165, 1.54) is 29.1 Å². The standard InChI is InChI=1S/C25H31FO3S2/c1-16-11-17(5-8-22(16)26)20-14-25(30-9-4-10-31-25)15-24(2,3)21(20)7-6-19-12-18(27)13-23(28)29-19/h5-8,11,18-19,27H,4,9-10,12-15H2,1-3H3/b7-6+/t18-,19-/m0/s1. The van der Waals surface area contributed by atoms with E-state index >= 15 is 0 Å². The largest absolute Gasteiger partial charge is 0.458 e. The van der Waals surface area contributed by atoms with Crippen LogP contribution < -0.4 is 0 Å². The lowest BCUT2D eigenvalue weighted by molar-refractivity contribution is -0.156.